The molecule has 0 fully saturated rings. The summed E-state index contributed by atoms with van der Waals surface area (Å²) >= 11 is 5.82. The van der Waals surface area contributed by atoms with Crippen LogP contribution in [0.25, 0.3) is 0 Å². The summed E-state index contributed by atoms with van der Waals surface area (Å²) in [5, 5.41) is 2.62. The Kier molecular flexibility index (Phi) is 7.06. The molecule has 8 heteroatoms. The number of nitrogens with zero attached hydrogens (tertiary/aromatic N) is 1. The van der Waals surface area contributed by atoms with Crippen LogP contribution in [0.1, 0.15) is 38.7 Å². The van der Waals surface area contributed by atoms with E-state index < -0.39 is 27.8 Å². The summed E-state index contributed by atoms with van der Waals surface area (Å²) in [5.74, 6) is -0.956. The summed E-state index contributed by atoms with van der Waals surface area (Å²) in [6, 6.07) is 9.93. The standard InChI is InChI=1S/C20H24ClFN2O3S/c1-5-19(20(25)23-18-9-7-6-8-15(18)13(2)3)24(28(4,26)27)14-10-11-17(22)16(21)12-14/h6-13,19H,5H2,1-4H3,(H,23,25). The smallest absolute Gasteiger partial charge is 0.248 e. The lowest BCUT2D eigenvalue weighted by molar-refractivity contribution is -0.117. The quantitative estimate of drug-likeness (QED) is 0.692. The Morgan fingerprint density at radius 2 is 1.86 bits per heavy atom. The third-order valence-electron chi connectivity index (χ3n) is 4.33. The van der Waals surface area contributed by atoms with Crippen LogP contribution in [-0.4, -0.2) is 26.6 Å². The number of sulfonamides is 1. The molecule has 0 radical (unpaired) electrons. The number of carbonyl (C=O) groups excluding carboxylic acids is 1. The lowest BCUT2D eigenvalue weighted by Gasteiger charge is -2.30. The van der Waals surface area contributed by atoms with Crippen LogP contribution in [-0.2, 0) is 14.8 Å². The molecule has 0 spiro atoms. The lowest BCUT2D eigenvalue weighted by atomic mass is 10.0. The van der Waals surface area contributed by atoms with E-state index in [2.05, 4.69) is 5.32 Å². The fourth-order valence-corrected chi connectivity index (χ4v) is 4.39. The molecule has 1 atom stereocenters. The molecule has 0 heterocycles. The molecule has 0 aliphatic carbocycles. The van der Waals surface area contributed by atoms with E-state index in [0.29, 0.717) is 5.69 Å². The summed E-state index contributed by atoms with van der Waals surface area (Å²) < 4.78 is 39.4. The molecule has 0 bridgehead atoms. The molecule has 1 N–H and O–H groups in total. The Labute approximate surface area is 170 Å². The van der Waals surface area contributed by atoms with Gasteiger partial charge in [-0.2, -0.15) is 0 Å². The first kappa shape index (κ1) is 22.2. The van der Waals surface area contributed by atoms with Crippen molar-refractivity contribution in [2.45, 2.75) is 39.2 Å². The van der Waals surface area contributed by atoms with Crippen molar-refractivity contribution in [1.29, 1.82) is 0 Å². The van der Waals surface area contributed by atoms with Gasteiger partial charge in [-0.25, -0.2) is 12.8 Å². The van der Waals surface area contributed by atoms with Crippen LogP contribution in [0.4, 0.5) is 15.8 Å². The minimum atomic E-state index is -3.83. The Hall–Kier alpha value is -2.12. The van der Waals surface area contributed by atoms with Gasteiger partial charge < -0.3 is 5.32 Å². The molecule has 152 valence electrons. The van der Waals surface area contributed by atoms with Crippen molar-refractivity contribution < 1.29 is 17.6 Å². The van der Waals surface area contributed by atoms with Crippen molar-refractivity contribution in [2.24, 2.45) is 0 Å². The number of para-hydroxylation sites is 1. The zero-order valence-corrected chi connectivity index (χ0v) is 17.8. The maximum Gasteiger partial charge on any atom is 0.248 e. The topological polar surface area (TPSA) is 66.5 Å². The Morgan fingerprint density at radius 1 is 1.21 bits per heavy atom. The number of halogens is 2. The molecule has 1 amide bonds. The maximum absolute atomic E-state index is 13.5. The second-order valence-electron chi connectivity index (χ2n) is 6.81. The number of rotatable bonds is 7. The number of anilines is 2. The molecule has 2 rings (SSSR count). The highest BCUT2D eigenvalue weighted by Gasteiger charge is 2.32. The maximum atomic E-state index is 13.5. The van der Waals surface area contributed by atoms with Crippen LogP contribution < -0.4 is 9.62 Å². The van der Waals surface area contributed by atoms with Crippen molar-refractivity contribution >= 4 is 38.9 Å². The van der Waals surface area contributed by atoms with Gasteiger partial charge in [0.2, 0.25) is 15.9 Å². The van der Waals surface area contributed by atoms with Crippen molar-refractivity contribution in [2.75, 3.05) is 15.9 Å². The molecule has 5 nitrogen and oxygen atoms in total. The molecular formula is C20H24ClFN2O3S. The summed E-state index contributed by atoms with van der Waals surface area (Å²) in [5.41, 5.74) is 1.71. The van der Waals surface area contributed by atoms with E-state index >= 15 is 0 Å². The normalized spacial score (nSPS) is 12.7. The van der Waals surface area contributed by atoms with Crippen LogP contribution in [0, 0.1) is 5.82 Å². The van der Waals surface area contributed by atoms with Gasteiger partial charge >= 0.3 is 0 Å². The average molecular weight is 427 g/mol. The number of nitrogens with one attached hydrogen (secondary N) is 1. The van der Waals surface area contributed by atoms with Gasteiger partial charge in [-0.05, 0) is 42.2 Å². The van der Waals surface area contributed by atoms with E-state index in [-0.39, 0.29) is 23.0 Å². The zero-order valence-electron chi connectivity index (χ0n) is 16.2. The van der Waals surface area contributed by atoms with Crippen LogP contribution in [0.5, 0.6) is 0 Å². The number of hydrogen-bond acceptors (Lipinski definition) is 3. The predicted molar refractivity (Wildman–Crippen MR) is 112 cm³/mol. The lowest BCUT2D eigenvalue weighted by Crippen LogP contribution is -2.47. The average Bonchev–Trinajstić information content (AvgIpc) is 2.61. The third kappa shape index (κ3) is 5.02. The van der Waals surface area contributed by atoms with Crippen molar-refractivity contribution in [1.82, 2.24) is 0 Å². The molecule has 0 aliphatic rings. The first-order valence-corrected chi connectivity index (χ1v) is 11.1. The van der Waals surface area contributed by atoms with Crippen molar-refractivity contribution in [3.63, 3.8) is 0 Å². The fraction of sp³-hybridized carbons (Fsp3) is 0.350. The first-order chi connectivity index (χ1) is 13.1. The number of amides is 1. The number of benzene rings is 2. The van der Waals surface area contributed by atoms with Crippen LogP contribution in [0.2, 0.25) is 5.02 Å². The minimum Gasteiger partial charge on any atom is -0.324 e. The molecule has 0 aliphatic heterocycles. The van der Waals surface area contributed by atoms with Crippen LogP contribution >= 0.6 is 11.6 Å². The molecule has 0 aromatic heterocycles. The third-order valence-corrected chi connectivity index (χ3v) is 5.80. The largest absolute Gasteiger partial charge is 0.324 e. The first-order valence-electron chi connectivity index (χ1n) is 8.90. The van der Waals surface area contributed by atoms with Crippen LogP contribution in [0.3, 0.4) is 0 Å². The van der Waals surface area contributed by atoms with E-state index in [0.717, 1.165) is 22.2 Å². The molecule has 0 saturated carbocycles. The predicted octanol–water partition coefficient (Wildman–Crippen LogP) is 4.79. The molecule has 1 unspecified atom stereocenters. The van der Waals surface area contributed by atoms with Gasteiger partial charge in [0, 0.05) is 5.69 Å². The van der Waals surface area contributed by atoms with E-state index in [1.165, 1.54) is 12.1 Å². The molecule has 2 aromatic rings. The van der Waals surface area contributed by atoms with E-state index in [4.69, 9.17) is 11.6 Å². The second kappa shape index (κ2) is 8.92. The van der Waals surface area contributed by atoms with Crippen LogP contribution in [0.15, 0.2) is 42.5 Å². The fourth-order valence-electron chi connectivity index (χ4n) is 3.01. The minimum absolute atomic E-state index is 0.132. The van der Waals surface area contributed by atoms with E-state index in [1.54, 1.807) is 19.1 Å². The molecular weight excluding hydrogens is 403 g/mol. The van der Waals surface area contributed by atoms with Gasteiger partial charge in [0.1, 0.15) is 11.9 Å². The monoisotopic (exact) mass is 426 g/mol. The zero-order chi connectivity index (χ0) is 21.1. The van der Waals surface area contributed by atoms with Gasteiger partial charge in [0.15, 0.2) is 0 Å². The number of hydrogen-bond donors (Lipinski definition) is 1. The second-order valence-corrected chi connectivity index (χ2v) is 9.08. The SMILES string of the molecule is CCC(C(=O)Nc1ccccc1C(C)C)N(c1ccc(F)c(Cl)c1)S(C)(=O)=O. The van der Waals surface area contributed by atoms with E-state index in [9.17, 15) is 17.6 Å². The van der Waals surface area contributed by atoms with Gasteiger partial charge in [-0.1, -0.05) is 50.6 Å². The molecule has 0 saturated heterocycles. The van der Waals surface area contributed by atoms with Crippen molar-refractivity contribution in [3.05, 3.63) is 58.9 Å². The highest BCUT2D eigenvalue weighted by Crippen LogP contribution is 2.29. The summed E-state index contributed by atoms with van der Waals surface area (Å²) in [7, 11) is -3.83. The summed E-state index contributed by atoms with van der Waals surface area (Å²) in [6.45, 7) is 5.72. The Bertz CT molecular complexity index is 964. The van der Waals surface area contributed by atoms with Crippen molar-refractivity contribution in [3.8, 4) is 0 Å². The molecule has 2 aromatic carbocycles. The Balaban J connectivity index is 2.44. The summed E-state index contributed by atoms with van der Waals surface area (Å²) in [6.07, 6.45) is 1.22. The van der Waals surface area contributed by atoms with E-state index in [1.807, 2.05) is 26.0 Å². The number of carbonyl (C=O) groups is 1. The molecule has 28 heavy (non-hydrogen) atoms. The van der Waals surface area contributed by atoms with Gasteiger partial charge in [0.05, 0.1) is 17.0 Å². The summed E-state index contributed by atoms with van der Waals surface area (Å²) in [4.78, 5) is 13.0. The van der Waals surface area contributed by atoms with Gasteiger partial charge in [0.25, 0.3) is 0 Å². The Morgan fingerprint density at radius 3 is 2.39 bits per heavy atom. The highest BCUT2D eigenvalue weighted by molar-refractivity contribution is 7.92. The van der Waals surface area contributed by atoms with Gasteiger partial charge in [-0.15, -0.1) is 0 Å². The van der Waals surface area contributed by atoms with Gasteiger partial charge in [-0.3, -0.25) is 9.10 Å². The highest BCUT2D eigenvalue weighted by atomic mass is 35.5.